The number of hydrogen-bond donors (Lipinski definition) is 2. The molecule has 5 nitrogen and oxygen atoms in total. The van der Waals surface area contributed by atoms with E-state index < -0.39 is 23.2 Å². The van der Waals surface area contributed by atoms with Gasteiger partial charge in [0, 0.05) is 22.6 Å². The summed E-state index contributed by atoms with van der Waals surface area (Å²) < 4.78 is 0. The molecule has 114 valence electrons. The number of benzene rings is 2. The monoisotopic (exact) mass is 308 g/mol. The molecule has 0 saturated carbocycles. The van der Waals surface area contributed by atoms with E-state index in [-0.39, 0.29) is 51.3 Å². The van der Waals surface area contributed by atoms with Gasteiger partial charge in [0.1, 0.15) is 11.5 Å². The van der Waals surface area contributed by atoms with E-state index in [1.807, 2.05) is 0 Å². The Morgan fingerprint density at radius 1 is 0.870 bits per heavy atom. The molecule has 2 N–H and O–H groups in total. The van der Waals surface area contributed by atoms with Crippen molar-refractivity contribution in [3.8, 4) is 11.5 Å². The molecule has 2 aliphatic rings. The predicted molar refractivity (Wildman–Crippen MR) is 80.3 cm³/mol. The fourth-order valence-electron chi connectivity index (χ4n) is 3.47. The van der Waals surface area contributed by atoms with E-state index in [0.717, 1.165) is 0 Å². The number of hydrogen-bond acceptors (Lipinski definition) is 5. The van der Waals surface area contributed by atoms with Crippen LogP contribution in [0.3, 0.4) is 0 Å². The molecule has 2 aromatic rings. The van der Waals surface area contributed by atoms with Gasteiger partial charge in [0.05, 0.1) is 16.7 Å². The van der Waals surface area contributed by atoms with Crippen molar-refractivity contribution in [3.05, 3.63) is 57.6 Å². The lowest BCUT2D eigenvalue weighted by Gasteiger charge is -2.21. The molecule has 0 heterocycles. The Hall–Kier alpha value is -2.95. The van der Waals surface area contributed by atoms with Gasteiger partial charge in [-0.15, -0.1) is 0 Å². The first kappa shape index (κ1) is 13.7. The van der Waals surface area contributed by atoms with Gasteiger partial charge in [-0.05, 0) is 6.42 Å². The normalized spacial score (nSPS) is 18.7. The molecule has 2 aromatic carbocycles. The summed E-state index contributed by atoms with van der Waals surface area (Å²) in [7, 11) is 0. The summed E-state index contributed by atoms with van der Waals surface area (Å²) >= 11 is 0. The lowest BCUT2D eigenvalue weighted by atomic mass is 9.81. The van der Waals surface area contributed by atoms with Crippen LogP contribution in [0.15, 0.2) is 24.3 Å². The zero-order chi connectivity index (χ0) is 16.5. The van der Waals surface area contributed by atoms with Crippen LogP contribution in [0.5, 0.6) is 11.5 Å². The summed E-state index contributed by atoms with van der Waals surface area (Å²) in [5.41, 5.74) is 0.1000. The van der Waals surface area contributed by atoms with Gasteiger partial charge in [0.2, 0.25) is 0 Å². The highest BCUT2D eigenvalue weighted by Crippen LogP contribution is 2.47. The summed E-state index contributed by atoms with van der Waals surface area (Å²) in [5, 5.41) is 21.0. The van der Waals surface area contributed by atoms with Crippen LogP contribution in [-0.4, -0.2) is 27.6 Å². The van der Waals surface area contributed by atoms with E-state index in [1.54, 1.807) is 19.1 Å². The van der Waals surface area contributed by atoms with E-state index in [0.29, 0.717) is 0 Å². The minimum Gasteiger partial charge on any atom is -0.507 e. The SMILES string of the molecule is CC1Cc2c(O)c3c(c(O)c2C1=O)C(=O)c1ccccc1C3=O. The Morgan fingerprint density at radius 2 is 1.39 bits per heavy atom. The smallest absolute Gasteiger partial charge is 0.198 e. The number of Topliss-reactive ketones (excluding diaryl/α,β-unsaturated/α-hetero) is 1. The van der Waals surface area contributed by atoms with Crippen molar-refractivity contribution in [2.45, 2.75) is 13.3 Å². The Bertz CT molecular complexity index is 939. The fraction of sp³-hybridized carbons (Fsp3) is 0.167. The molecule has 1 atom stereocenters. The summed E-state index contributed by atoms with van der Waals surface area (Å²) in [5.74, 6) is -2.66. The zero-order valence-corrected chi connectivity index (χ0v) is 12.2. The average molecular weight is 308 g/mol. The van der Waals surface area contributed by atoms with Crippen LogP contribution in [0.1, 0.15) is 54.7 Å². The van der Waals surface area contributed by atoms with Crippen molar-refractivity contribution in [1.29, 1.82) is 0 Å². The molecular formula is C18H12O5. The highest BCUT2D eigenvalue weighted by Gasteiger charge is 2.42. The minimum absolute atomic E-state index is 0.0331. The summed E-state index contributed by atoms with van der Waals surface area (Å²) in [6.45, 7) is 1.68. The Labute approximate surface area is 131 Å². The standard InChI is InChI=1S/C18H12O5/c1-7-6-10-11(14(7)19)18(23)13-12(17(10)22)15(20)8-4-2-3-5-9(8)16(13)21/h2-5,7,22-23H,6H2,1H3. The first-order chi connectivity index (χ1) is 10.9. The van der Waals surface area contributed by atoms with Gasteiger partial charge in [-0.3, -0.25) is 14.4 Å². The van der Waals surface area contributed by atoms with Gasteiger partial charge in [-0.1, -0.05) is 31.2 Å². The summed E-state index contributed by atoms with van der Waals surface area (Å²) in [6, 6.07) is 6.25. The van der Waals surface area contributed by atoms with Crippen molar-refractivity contribution < 1.29 is 24.6 Å². The van der Waals surface area contributed by atoms with Gasteiger partial charge < -0.3 is 10.2 Å². The molecule has 0 radical (unpaired) electrons. The lowest BCUT2D eigenvalue weighted by Crippen LogP contribution is -2.22. The third-order valence-electron chi connectivity index (χ3n) is 4.62. The van der Waals surface area contributed by atoms with Crippen LogP contribution >= 0.6 is 0 Å². The van der Waals surface area contributed by atoms with Crippen LogP contribution < -0.4 is 0 Å². The molecule has 2 aliphatic carbocycles. The van der Waals surface area contributed by atoms with Gasteiger partial charge in [0.15, 0.2) is 17.3 Å². The highest BCUT2D eigenvalue weighted by atomic mass is 16.3. The maximum atomic E-state index is 12.7. The summed E-state index contributed by atoms with van der Waals surface area (Å²) in [4.78, 5) is 37.6. The molecule has 23 heavy (non-hydrogen) atoms. The number of aromatic hydroxyl groups is 2. The molecule has 0 aliphatic heterocycles. The largest absolute Gasteiger partial charge is 0.507 e. The number of ketones is 3. The van der Waals surface area contributed by atoms with E-state index >= 15 is 0 Å². The van der Waals surface area contributed by atoms with E-state index in [9.17, 15) is 24.6 Å². The topological polar surface area (TPSA) is 91.7 Å². The molecule has 1 unspecified atom stereocenters. The van der Waals surface area contributed by atoms with Crippen LogP contribution in [0.25, 0.3) is 0 Å². The first-order valence-corrected chi connectivity index (χ1v) is 7.26. The van der Waals surface area contributed by atoms with Crippen molar-refractivity contribution in [2.24, 2.45) is 5.92 Å². The van der Waals surface area contributed by atoms with E-state index in [2.05, 4.69) is 0 Å². The second kappa shape index (κ2) is 4.29. The lowest BCUT2D eigenvalue weighted by molar-refractivity contribution is 0.0941. The van der Waals surface area contributed by atoms with Gasteiger partial charge in [0.25, 0.3) is 0 Å². The van der Waals surface area contributed by atoms with Crippen LogP contribution in [0, 0.1) is 5.92 Å². The summed E-state index contributed by atoms with van der Waals surface area (Å²) in [6.07, 6.45) is 0.240. The minimum atomic E-state index is -0.557. The quantitative estimate of drug-likeness (QED) is 0.621. The van der Waals surface area contributed by atoms with Crippen molar-refractivity contribution in [2.75, 3.05) is 0 Å². The third kappa shape index (κ3) is 1.54. The third-order valence-corrected chi connectivity index (χ3v) is 4.62. The highest BCUT2D eigenvalue weighted by molar-refractivity contribution is 6.31. The van der Waals surface area contributed by atoms with E-state index in [1.165, 1.54) is 12.1 Å². The molecular weight excluding hydrogens is 296 g/mol. The molecule has 0 fully saturated rings. The Balaban J connectivity index is 2.11. The van der Waals surface area contributed by atoms with Crippen molar-refractivity contribution >= 4 is 17.3 Å². The molecule has 4 rings (SSSR count). The Kier molecular flexibility index (Phi) is 2.55. The Morgan fingerprint density at radius 3 is 1.96 bits per heavy atom. The second-order valence-corrected chi connectivity index (χ2v) is 5.97. The molecule has 0 spiro atoms. The molecule has 0 bridgehead atoms. The number of phenols is 2. The molecule has 0 aromatic heterocycles. The zero-order valence-electron chi connectivity index (χ0n) is 12.2. The van der Waals surface area contributed by atoms with Crippen molar-refractivity contribution in [1.82, 2.24) is 0 Å². The number of carbonyl (C=O) groups is 3. The maximum Gasteiger partial charge on any atom is 0.198 e. The maximum absolute atomic E-state index is 12.7. The van der Waals surface area contributed by atoms with Gasteiger partial charge in [-0.25, -0.2) is 0 Å². The van der Waals surface area contributed by atoms with Crippen molar-refractivity contribution in [3.63, 3.8) is 0 Å². The van der Waals surface area contributed by atoms with Gasteiger partial charge >= 0.3 is 0 Å². The van der Waals surface area contributed by atoms with E-state index in [4.69, 9.17) is 0 Å². The number of carbonyl (C=O) groups excluding carboxylic acids is 3. The van der Waals surface area contributed by atoms with Gasteiger partial charge in [-0.2, -0.15) is 0 Å². The average Bonchev–Trinajstić information content (AvgIpc) is 2.84. The molecule has 0 amide bonds. The molecule has 0 saturated heterocycles. The predicted octanol–water partition coefficient (Wildman–Crippen LogP) is 2.25. The van der Waals surface area contributed by atoms with Crippen LogP contribution in [0.4, 0.5) is 0 Å². The molecule has 5 heteroatoms. The fourth-order valence-corrected chi connectivity index (χ4v) is 3.47. The number of rotatable bonds is 0. The second-order valence-electron chi connectivity index (χ2n) is 5.97. The first-order valence-electron chi connectivity index (χ1n) is 7.26. The van der Waals surface area contributed by atoms with Crippen LogP contribution in [0.2, 0.25) is 0 Å². The number of fused-ring (bicyclic) bond motifs is 3. The van der Waals surface area contributed by atoms with Crippen LogP contribution in [-0.2, 0) is 6.42 Å². The number of phenolic OH excluding ortho intramolecular Hbond substituents is 2.